The number of ether oxygens (including phenoxy) is 1. The van der Waals surface area contributed by atoms with E-state index in [0.717, 1.165) is 11.3 Å². The number of aliphatic hydroxyl groups excluding tert-OH is 1. The van der Waals surface area contributed by atoms with Gasteiger partial charge in [-0.15, -0.1) is 0 Å². The third-order valence-electron chi connectivity index (χ3n) is 4.66. The number of aliphatic hydroxyl groups is 1. The molecule has 0 spiro atoms. The number of carbonyl (C=O) groups excluding carboxylic acids is 1. The zero-order valence-electron chi connectivity index (χ0n) is 14.7. The van der Waals surface area contributed by atoms with Gasteiger partial charge in [-0.25, -0.2) is 4.98 Å². The van der Waals surface area contributed by atoms with Gasteiger partial charge in [0.05, 0.1) is 29.3 Å². The molecule has 1 unspecified atom stereocenters. The van der Waals surface area contributed by atoms with Crippen molar-refractivity contribution in [1.29, 1.82) is 5.26 Å². The SMILES string of the molecule is Cc1ccc(N2CCOC([C@@H](O)c3nc4ccc(C#N)cc4[nH]3)C2=O)cc1. The molecule has 0 aliphatic carbocycles. The number of nitrogens with zero attached hydrogens (tertiary/aromatic N) is 3. The predicted molar refractivity (Wildman–Crippen MR) is 99.0 cm³/mol. The maximum atomic E-state index is 12.9. The molecule has 2 N–H and O–H groups in total. The Labute approximate surface area is 155 Å². The molecule has 136 valence electrons. The Morgan fingerprint density at radius 2 is 2.11 bits per heavy atom. The van der Waals surface area contributed by atoms with Crippen LogP contribution in [0, 0.1) is 18.3 Å². The van der Waals surface area contributed by atoms with Crippen LogP contribution >= 0.6 is 0 Å². The lowest BCUT2D eigenvalue weighted by Gasteiger charge is -2.34. The number of hydrogen-bond donors (Lipinski definition) is 2. The fourth-order valence-corrected chi connectivity index (χ4v) is 3.20. The highest BCUT2D eigenvalue weighted by atomic mass is 16.5. The molecule has 1 aliphatic rings. The van der Waals surface area contributed by atoms with Crippen LogP contribution < -0.4 is 4.90 Å². The van der Waals surface area contributed by atoms with Gasteiger partial charge in [-0.2, -0.15) is 5.26 Å². The summed E-state index contributed by atoms with van der Waals surface area (Å²) in [5.74, 6) is -0.0695. The Morgan fingerprint density at radius 3 is 2.85 bits per heavy atom. The zero-order valence-corrected chi connectivity index (χ0v) is 14.7. The summed E-state index contributed by atoms with van der Waals surface area (Å²) in [6.07, 6.45) is -2.28. The second kappa shape index (κ2) is 6.83. The van der Waals surface area contributed by atoms with Gasteiger partial charge in [0.2, 0.25) is 0 Å². The van der Waals surface area contributed by atoms with Crippen LogP contribution in [0.15, 0.2) is 42.5 Å². The molecule has 1 aromatic heterocycles. The lowest BCUT2D eigenvalue weighted by molar-refractivity contribution is -0.143. The van der Waals surface area contributed by atoms with Gasteiger partial charge >= 0.3 is 0 Å². The Kier molecular flexibility index (Phi) is 4.36. The van der Waals surface area contributed by atoms with Crippen molar-refractivity contribution < 1.29 is 14.6 Å². The van der Waals surface area contributed by atoms with Crippen LogP contribution in [-0.2, 0) is 9.53 Å². The summed E-state index contributed by atoms with van der Waals surface area (Å²) in [6.45, 7) is 2.73. The molecule has 0 saturated carbocycles. The average Bonchev–Trinajstić information content (AvgIpc) is 3.11. The topological polar surface area (TPSA) is 102 Å². The number of rotatable bonds is 3. The first kappa shape index (κ1) is 17.2. The minimum atomic E-state index is -1.23. The molecule has 2 atom stereocenters. The van der Waals surface area contributed by atoms with E-state index in [1.807, 2.05) is 31.2 Å². The minimum absolute atomic E-state index is 0.240. The highest BCUT2D eigenvalue weighted by Crippen LogP contribution is 2.27. The molecule has 4 rings (SSSR count). The first-order valence-corrected chi connectivity index (χ1v) is 8.64. The number of aryl methyl sites for hydroxylation is 1. The molecule has 0 radical (unpaired) electrons. The van der Waals surface area contributed by atoms with E-state index in [2.05, 4.69) is 16.0 Å². The van der Waals surface area contributed by atoms with E-state index in [1.54, 1.807) is 23.1 Å². The van der Waals surface area contributed by atoms with Gasteiger partial charge in [0, 0.05) is 12.2 Å². The summed E-state index contributed by atoms with van der Waals surface area (Å²) in [7, 11) is 0. The van der Waals surface area contributed by atoms with E-state index in [4.69, 9.17) is 10.00 Å². The number of nitriles is 1. The monoisotopic (exact) mass is 362 g/mol. The van der Waals surface area contributed by atoms with Gasteiger partial charge < -0.3 is 19.7 Å². The summed E-state index contributed by atoms with van der Waals surface area (Å²) >= 11 is 0. The molecule has 1 fully saturated rings. The van der Waals surface area contributed by atoms with Crippen molar-refractivity contribution in [2.45, 2.75) is 19.1 Å². The van der Waals surface area contributed by atoms with Crippen LogP contribution in [0.25, 0.3) is 11.0 Å². The van der Waals surface area contributed by atoms with Crippen LogP contribution in [0.1, 0.15) is 23.1 Å². The third-order valence-corrected chi connectivity index (χ3v) is 4.66. The van der Waals surface area contributed by atoms with E-state index >= 15 is 0 Å². The molecule has 2 heterocycles. The Morgan fingerprint density at radius 1 is 1.33 bits per heavy atom. The second-order valence-corrected chi connectivity index (χ2v) is 6.53. The van der Waals surface area contributed by atoms with Gasteiger partial charge in [-0.3, -0.25) is 4.79 Å². The summed E-state index contributed by atoms with van der Waals surface area (Å²) in [6, 6.07) is 14.7. The first-order chi connectivity index (χ1) is 13.1. The smallest absolute Gasteiger partial charge is 0.259 e. The number of aromatic amines is 1. The number of nitrogens with one attached hydrogen (secondary N) is 1. The number of fused-ring (bicyclic) bond motifs is 1. The van der Waals surface area contributed by atoms with Gasteiger partial charge in [0.25, 0.3) is 5.91 Å². The van der Waals surface area contributed by atoms with Crippen molar-refractivity contribution >= 4 is 22.6 Å². The lowest BCUT2D eigenvalue weighted by Crippen LogP contribution is -2.50. The minimum Gasteiger partial charge on any atom is -0.382 e. The average molecular weight is 362 g/mol. The molecular weight excluding hydrogens is 344 g/mol. The summed E-state index contributed by atoms with van der Waals surface area (Å²) in [4.78, 5) is 21.8. The van der Waals surface area contributed by atoms with Crippen LogP contribution in [0.2, 0.25) is 0 Å². The molecule has 27 heavy (non-hydrogen) atoms. The number of H-pyrrole nitrogens is 1. The first-order valence-electron chi connectivity index (χ1n) is 8.64. The molecule has 1 aliphatic heterocycles. The van der Waals surface area contributed by atoms with Crippen molar-refractivity contribution in [3.8, 4) is 6.07 Å². The molecule has 7 nitrogen and oxygen atoms in total. The summed E-state index contributed by atoms with van der Waals surface area (Å²) < 4.78 is 5.57. The normalized spacial score (nSPS) is 18.5. The highest BCUT2D eigenvalue weighted by molar-refractivity contribution is 5.97. The number of morpholine rings is 1. The zero-order chi connectivity index (χ0) is 19.0. The quantitative estimate of drug-likeness (QED) is 0.744. The fourth-order valence-electron chi connectivity index (χ4n) is 3.20. The number of anilines is 1. The van der Waals surface area contributed by atoms with Crippen LogP contribution in [0.3, 0.4) is 0 Å². The Bertz CT molecular complexity index is 1040. The van der Waals surface area contributed by atoms with Crippen molar-refractivity contribution in [1.82, 2.24) is 9.97 Å². The Hall–Kier alpha value is -3.21. The van der Waals surface area contributed by atoms with Crippen molar-refractivity contribution in [3.05, 3.63) is 59.4 Å². The van der Waals surface area contributed by atoms with E-state index < -0.39 is 12.2 Å². The van der Waals surface area contributed by atoms with Gasteiger partial charge in [-0.05, 0) is 37.3 Å². The van der Waals surface area contributed by atoms with Crippen molar-refractivity contribution in [3.63, 3.8) is 0 Å². The molecule has 1 amide bonds. The van der Waals surface area contributed by atoms with Crippen LogP contribution in [0.5, 0.6) is 0 Å². The van der Waals surface area contributed by atoms with Crippen LogP contribution in [0.4, 0.5) is 5.69 Å². The van der Waals surface area contributed by atoms with E-state index in [9.17, 15) is 9.90 Å². The van der Waals surface area contributed by atoms with Crippen molar-refractivity contribution in [2.24, 2.45) is 0 Å². The number of aromatic nitrogens is 2. The van der Waals surface area contributed by atoms with E-state index in [-0.39, 0.29) is 11.7 Å². The van der Waals surface area contributed by atoms with Gasteiger partial charge in [0.1, 0.15) is 11.9 Å². The van der Waals surface area contributed by atoms with Gasteiger partial charge in [0.15, 0.2) is 6.10 Å². The van der Waals surface area contributed by atoms with Crippen molar-refractivity contribution in [2.75, 3.05) is 18.1 Å². The number of carbonyl (C=O) groups is 1. The molecule has 7 heteroatoms. The third kappa shape index (κ3) is 3.16. The van der Waals surface area contributed by atoms with E-state index in [0.29, 0.717) is 29.7 Å². The summed E-state index contributed by atoms with van der Waals surface area (Å²) in [5, 5.41) is 19.7. The highest BCUT2D eigenvalue weighted by Gasteiger charge is 2.38. The number of amides is 1. The maximum absolute atomic E-state index is 12.9. The molecule has 3 aromatic rings. The standard InChI is InChI=1S/C20H18N4O3/c1-12-2-5-14(6-3-12)24-8-9-27-18(20(24)26)17(25)19-22-15-7-4-13(11-21)10-16(15)23-19/h2-7,10,17-18,25H,8-9H2,1H3,(H,22,23)/t17-,18?/m1/s1. The lowest BCUT2D eigenvalue weighted by atomic mass is 10.1. The molecule has 0 bridgehead atoms. The number of benzene rings is 2. The maximum Gasteiger partial charge on any atom is 0.259 e. The largest absolute Gasteiger partial charge is 0.382 e. The fraction of sp³-hybridized carbons (Fsp3) is 0.250. The summed E-state index contributed by atoms with van der Waals surface area (Å²) in [5.41, 5.74) is 3.61. The molecular formula is C20H18N4O3. The molecule has 1 saturated heterocycles. The predicted octanol–water partition coefficient (Wildman–Crippen LogP) is 2.21. The molecule has 2 aromatic carbocycles. The number of hydrogen-bond acceptors (Lipinski definition) is 5. The second-order valence-electron chi connectivity index (χ2n) is 6.53. The number of imidazole rings is 1. The van der Waals surface area contributed by atoms with E-state index in [1.165, 1.54) is 0 Å². The van der Waals surface area contributed by atoms with Crippen LogP contribution in [-0.4, -0.2) is 40.2 Å². The van der Waals surface area contributed by atoms with Gasteiger partial charge in [-0.1, -0.05) is 17.7 Å². The Balaban J connectivity index is 1.61.